The third kappa shape index (κ3) is 4.74. The lowest BCUT2D eigenvalue weighted by molar-refractivity contribution is 0.298. The molecule has 0 spiro atoms. The van der Waals surface area contributed by atoms with Crippen LogP contribution in [0, 0.1) is 0 Å². The summed E-state index contributed by atoms with van der Waals surface area (Å²) < 4.78 is 6.08. The van der Waals surface area contributed by atoms with Crippen LogP contribution in [0.5, 0.6) is 5.75 Å². The Balaban J connectivity index is 1.81. The second-order valence-electron chi connectivity index (χ2n) is 6.17. The Kier molecular flexibility index (Phi) is 7.08. The first-order chi connectivity index (χ1) is 10.4. The molecule has 0 bridgehead atoms. The van der Waals surface area contributed by atoms with Gasteiger partial charge < -0.3 is 10.1 Å². The van der Waals surface area contributed by atoms with Gasteiger partial charge in [0.15, 0.2) is 0 Å². The zero-order chi connectivity index (χ0) is 14.9. The van der Waals surface area contributed by atoms with Gasteiger partial charge in [-0.25, -0.2) is 0 Å². The summed E-state index contributed by atoms with van der Waals surface area (Å²) in [5, 5.41) is 3.43. The number of nitrogens with one attached hydrogen (secondary N) is 1. The highest BCUT2D eigenvalue weighted by atomic mass is 16.5. The molecule has 0 saturated carbocycles. The average molecular weight is 289 g/mol. The summed E-state index contributed by atoms with van der Waals surface area (Å²) in [5.74, 6) is 1.13. The molecular weight excluding hydrogens is 258 g/mol. The summed E-state index contributed by atoms with van der Waals surface area (Å²) in [6, 6.07) is 7.05. The minimum absolute atomic E-state index is 0.506. The van der Waals surface area contributed by atoms with E-state index in [1.807, 2.05) is 0 Å². The minimum atomic E-state index is 0.506. The van der Waals surface area contributed by atoms with E-state index in [9.17, 15) is 0 Å². The summed E-state index contributed by atoms with van der Waals surface area (Å²) in [7, 11) is 2.06. The van der Waals surface area contributed by atoms with Crippen LogP contribution in [0.3, 0.4) is 0 Å². The largest absolute Gasteiger partial charge is 0.493 e. The maximum Gasteiger partial charge on any atom is 0.122 e. The van der Waals surface area contributed by atoms with Gasteiger partial charge in [0.2, 0.25) is 0 Å². The standard InChI is InChI=1S/C19H31NO/c1-3-4-5-6-7-8-15-21-19-14-10-11-16-17(19)12-9-13-18(16)20-2/h10-11,14,18,20H,3-9,12-13,15H2,1-2H3. The molecule has 1 aromatic rings. The van der Waals surface area contributed by atoms with E-state index in [0.29, 0.717) is 6.04 Å². The van der Waals surface area contributed by atoms with Crippen LogP contribution in [0.1, 0.15) is 75.5 Å². The molecule has 1 unspecified atom stereocenters. The molecular formula is C19H31NO. The van der Waals surface area contributed by atoms with Crippen molar-refractivity contribution < 1.29 is 4.74 Å². The quantitative estimate of drug-likeness (QED) is 0.644. The van der Waals surface area contributed by atoms with Crippen molar-refractivity contribution in [3.63, 3.8) is 0 Å². The van der Waals surface area contributed by atoms with E-state index in [4.69, 9.17) is 4.74 Å². The minimum Gasteiger partial charge on any atom is -0.493 e. The van der Waals surface area contributed by atoms with E-state index in [0.717, 1.165) is 12.4 Å². The summed E-state index contributed by atoms with van der Waals surface area (Å²) in [5.41, 5.74) is 2.89. The lowest BCUT2D eigenvalue weighted by Crippen LogP contribution is -2.22. The molecule has 118 valence electrons. The van der Waals surface area contributed by atoms with Gasteiger partial charge in [-0.05, 0) is 49.9 Å². The summed E-state index contributed by atoms with van der Waals surface area (Å²) in [6.07, 6.45) is 11.6. The molecule has 1 aliphatic rings. The van der Waals surface area contributed by atoms with Gasteiger partial charge in [0.1, 0.15) is 5.75 Å². The Labute approximate surface area is 130 Å². The highest BCUT2D eigenvalue weighted by molar-refractivity contribution is 5.43. The van der Waals surface area contributed by atoms with Crippen molar-refractivity contribution in [3.8, 4) is 5.75 Å². The van der Waals surface area contributed by atoms with E-state index in [1.54, 1.807) is 0 Å². The van der Waals surface area contributed by atoms with E-state index in [-0.39, 0.29) is 0 Å². The molecule has 2 rings (SSSR count). The van der Waals surface area contributed by atoms with Crippen molar-refractivity contribution in [2.45, 2.75) is 70.8 Å². The number of rotatable bonds is 9. The van der Waals surface area contributed by atoms with Crippen LogP contribution in [-0.4, -0.2) is 13.7 Å². The van der Waals surface area contributed by atoms with Gasteiger partial charge in [-0.3, -0.25) is 0 Å². The monoisotopic (exact) mass is 289 g/mol. The Morgan fingerprint density at radius 2 is 1.95 bits per heavy atom. The van der Waals surface area contributed by atoms with E-state index >= 15 is 0 Å². The number of hydrogen-bond acceptors (Lipinski definition) is 2. The number of benzene rings is 1. The van der Waals surface area contributed by atoms with Crippen LogP contribution in [0.4, 0.5) is 0 Å². The number of fused-ring (bicyclic) bond motifs is 1. The van der Waals surface area contributed by atoms with Crippen LogP contribution >= 0.6 is 0 Å². The lowest BCUT2D eigenvalue weighted by atomic mass is 9.87. The van der Waals surface area contributed by atoms with E-state index in [2.05, 4.69) is 37.5 Å². The fourth-order valence-corrected chi connectivity index (χ4v) is 3.31. The second kappa shape index (κ2) is 9.09. The van der Waals surface area contributed by atoms with Gasteiger partial charge >= 0.3 is 0 Å². The highest BCUT2D eigenvalue weighted by Gasteiger charge is 2.21. The lowest BCUT2D eigenvalue weighted by Gasteiger charge is -2.26. The predicted molar refractivity (Wildman–Crippen MR) is 90.1 cm³/mol. The van der Waals surface area contributed by atoms with Gasteiger partial charge in [0, 0.05) is 6.04 Å². The van der Waals surface area contributed by atoms with Gasteiger partial charge in [-0.1, -0.05) is 51.2 Å². The normalized spacial score (nSPS) is 17.5. The van der Waals surface area contributed by atoms with Crippen LogP contribution in [-0.2, 0) is 6.42 Å². The van der Waals surface area contributed by atoms with E-state index < -0.39 is 0 Å². The van der Waals surface area contributed by atoms with Crippen molar-refractivity contribution in [2.75, 3.05) is 13.7 Å². The molecule has 0 heterocycles. The average Bonchev–Trinajstić information content (AvgIpc) is 2.53. The zero-order valence-electron chi connectivity index (χ0n) is 13.8. The first kappa shape index (κ1) is 16.4. The first-order valence-electron chi connectivity index (χ1n) is 8.78. The number of hydrogen-bond donors (Lipinski definition) is 1. The van der Waals surface area contributed by atoms with Crippen molar-refractivity contribution in [3.05, 3.63) is 29.3 Å². The third-order valence-electron chi connectivity index (χ3n) is 4.57. The van der Waals surface area contributed by atoms with Crippen LogP contribution in [0.15, 0.2) is 18.2 Å². The molecule has 0 radical (unpaired) electrons. The van der Waals surface area contributed by atoms with Gasteiger partial charge in [-0.2, -0.15) is 0 Å². The van der Waals surface area contributed by atoms with Crippen LogP contribution in [0.25, 0.3) is 0 Å². The summed E-state index contributed by atoms with van der Waals surface area (Å²) >= 11 is 0. The first-order valence-corrected chi connectivity index (χ1v) is 8.78. The molecule has 2 heteroatoms. The highest BCUT2D eigenvalue weighted by Crippen LogP contribution is 2.35. The molecule has 1 N–H and O–H groups in total. The van der Waals surface area contributed by atoms with Gasteiger partial charge in [-0.15, -0.1) is 0 Å². The Morgan fingerprint density at radius 3 is 2.76 bits per heavy atom. The molecule has 21 heavy (non-hydrogen) atoms. The predicted octanol–water partition coefficient (Wildman–Crippen LogP) is 5.02. The third-order valence-corrected chi connectivity index (χ3v) is 4.57. The molecule has 0 saturated heterocycles. The van der Waals surface area contributed by atoms with Gasteiger partial charge in [0.25, 0.3) is 0 Å². The molecule has 0 fully saturated rings. The number of unbranched alkanes of at least 4 members (excludes halogenated alkanes) is 5. The summed E-state index contributed by atoms with van der Waals surface area (Å²) in [6.45, 7) is 3.13. The Morgan fingerprint density at radius 1 is 1.14 bits per heavy atom. The van der Waals surface area contributed by atoms with Crippen LogP contribution in [0.2, 0.25) is 0 Å². The fraction of sp³-hybridized carbons (Fsp3) is 0.684. The summed E-state index contributed by atoms with van der Waals surface area (Å²) in [4.78, 5) is 0. The van der Waals surface area contributed by atoms with Gasteiger partial charge in [0.05, 0.1) is 6.61 Å². The Bertz CT molecular complexity index is 416. The van der Waals surface area contributed by atoms with Crippen LogP contribution < -0.4 is 10.1 Å². The fourth-order valence-electron chi connectivity index (χ4n) is 3.31. The molecule has 0 aliphatic heterocycles. The van der Waals surface area contributed by atoms with Crippen molar-refractivity contribution >= 4 is 0 Å². The zero-order valence-corrected chi connectivity index (χ0v) is 13.8. The van der Waals surface area contributed by atoms with E-state index in [1.165, 1.54) is 68.9 Å². The topological polar surface area (TPSA) is 21.3 Å². The second-order valence-corrected chi connectivity index (χ2v) is 6.17. The SMILES string of the molecule is CCCCCCCCOc1cccc2c1CCCC2NC. The molecule has 1 aromatic carbocycles. The number of ether oxygens (including phenoxy) is 1. The maximum atomic E-state index is 6.08. The molecule has 1 aliphatic carbocycles. The van der Waals surface area contributed by atoms with Crippen molar-refractivity contribution in [1.29, 1.82) is 0 Å². The molecule has 0 amide bonds. The van der Waals surface area contributed by atoms with Crippen molar-refractivity contribution in [1.82, 2.24) is 5.32 Å². The molecule has 1 atom stereocenters. The maximum absolute atomic E-state index is 6.08. The smallest absolute Gasteiger partial charge is 0.122 e. The van der Waals surface area contributed by atoms with Crippen molar-refractivity contribution in [2.24, 2.45) is 0 Å². The molecule has 0 aromatic heterocycles. The Hall–Kier alpha value is -1.02. The molecule has 2 nitrogen and oxygen atoms in total.